The first-order valence-electron chi connectivity index (χ1n) is 7.93. The molecular formula is C19H15F2NO4. The number of halogens is 2. The Bertz CT molecular complexity index is 891. The number of carbonyl (C=O) groups excluding carboxylic acids is 1. The first kappa shape index (κ1) is 17.6. The summed E-state index contributed by atoms with van der Waals surface area (Å²) in [6.45, 7) is 0. The summed E-state index contributed by atoms with van der Waals surface area (Å²) >= 11 is 0. The topological polar surface area (TPSA) is 75.6 Å². The fourth-order valence-electron chi connectivity index (χ4n) is 2.73. The Morgan fingerprint density at radius 3 is 2.35 bits per heavy atom. The standard InChI is InChI=1S/C19H15F2NO4/c20-11-4-9-17(16(21)10-11)26-13-7-5-12(6-8-13)22-18(23)14-2-1-3-15(14)19(24)25/h4-10H,1-3H2,(H,22,23)(H,24,25). The summed E-state index contributed by atoms with van der Waals surface area (Å²) in [7, 11) is 0. The minimum atomic E-state index is -1.07. The first-order chi connectivity index (χ1) is 12.4. The zero-order valence-electron chi connectivity index (χ0n) is 13.6. The van der Waals surface area contributed by atoms with Gasteiger partial charge in [0.05, 0.1) is 0 Å². The highest BCUT2D eigenvalue weighted by atomic mass is 19.1. The number of hydrogen-bond donors (Lipinski definition) is 2. The number of benzene rings is 2. The van der Waals surface area contributed by atoms with Crippen molar-refractivity contribution in [1.29, 1.82) is 0 Å². The third kappa shape index (κ3) is 3.88. The van der Waals surface area contributed by atoms with Crippen molar-refractivity contribution < 1.29 is 28.2 Å². The molecule has 2 aromatic rings. The van der Waals surface area contributed by atoms with Crippen molar-refractivity contribution >= 4 is 17.6 Å². The van der Waals surface area contributed by atoms with Gasteiger partial charge in [-0.25, -0.2) is 13.6 Å². The zero-order valence-corrected chi connectivity index (χ0v) is 13.6. The molecule has 0 atom stereocenters. The molecule has 0 heterocycles. The average molecular weight is 359 g/mol. The van der Waals surface area contributed by atoms with E-state index in [2.05, 4.69) is 5.32 Å². The monoisotopic (exact) mass is 359 g/mol. The van der Waals surface area contributed by atoms with E-state index in [1.165, 1.54) is 18.2 Å². The molecule has 5 nitrogen and oxygen atoms in total. The van der Waals surface area contributed by atoms with Crippen LogP contribution in [0.2, 0.25) is 0 Å². The molecule has 0 radical (unpaired) electrons. The number of aliphatic carboxylic acids is 1. The molecule has 26 heavy (non-hydrogen) atoms. The van der Waals surface area contributed by atoms with Crippen molar-refractivity contribution in [1.82, 2.24) is 0 Å². The van der Waals surface area contributed by atoms with E-state index >= 15 is 0 Å². The summed E-state index contributed by atoms with van der Waals surface area (Å²) in [6.07, 6.45) is 1.45. The number of hydrogen-bond acceptors (Lipinski definition) is 3. The Morgan fingerprint density at radius 2 is 1.69 bits per heavy atom. The van der Waals surface area contributed by atoms with Crippen LogP contribution in [-0.4, -0.2) is 17.0 Å². The van der Waals surface area contributed by atoms with Crippen LogP contribution < -0.4 is 10.1 Å². The molecule has 0 bridgehead atoms. The minimum absolute atomic E-state index is 0.120. The van der Waals surface area contributed by atoms with Gasteiger partial charge < -0.3 is 15.2 Å². The third-order valence-electron chi connectivity index (χ3n) is 3.98. The molecule has 1 aliphatic carbocycles. The number of nitrogens with one attached hydrogen (secondary N) is 1. The van der Waals surface area contributed by atoms with Gasteiger partial charge in [0, 0.05) is 22.9 Å². The number of ether oxygens (including phenoxy) is 1. The lowest BCUT2D eigenvalue weighted by Gasteiger charge is -2.09. The molecule has 1 amide bonds. The Labute approximate surface area is 147 Å². The molecule has 3 rings (SSSR count). The average Bonchev–Trinajstić information content (AvgIpc) is 3.09. The number of carbonyl (C=O) groups is 2. The van der Waals surface area contributed by atoms with Crippen LogP contribution in [-0.2, 0) is 9.59 Å². The number of amides is 1. The Hall–Kier alpha value is -3.22. The summed E-state index contributed by atoms with van der Waals surface area (Å²) in [4.78, 5) is 23.4. The summed E-state index contributed by atoms with van der Waals surface area (Å²) in [5.41, 5.74) is 0.881. The van der Waals surface area contributed by atoms with Gasteiger partial charge in [-0.1, -0.05) is 0 Å². The van der Waals surface area contributed by atoms with Crippen molar-refractivity contribution in [2.75, 3.05) is 5.32 Å². The van der Waals surface area contributed by atoms with Gasteiger partial charge in [0.1, 0.15) is 11.6 Å². The predicted octanol–water partition coefficient (Wildman–Crippen LogP) is 4.26. The van der Waals surface area contributed by atoms with E-state index in [0.29, 0.717) is 30.7 Å². The third-order valence-corrected chi connectivity index (χ3v) is 3.98. The van der Waals surface area contributed by atoms with Crippen molar-refractivity contribution in [2.24, 2.45) is 0 Å². The summed E-state index contributed by atoms with van der Waals surface area (Å²) in [5, 5.41) is 11.7. The maximum Gasteiger partial charge on any atom is 0.332 e. The lowest BCUT2D eigenvalue weighted by atomic mass is 10.1. The van der Waals surface area contributed by atoms with Crippen molar-refractivity contribution in [2.45, 2.75) is 19.3 Å². The van der Waals surface area contributed by atoms with Crippen molar-refractivity contribution in [3.63, 3.8) is 0 Å². The van der Waals surface area contributed by atoms with Gasteiger partial charge in [-0.3, -0.25) is 4.79 Å². The van der Waals surface area contributed by atoms with E-state index in [1.54, 1.807) is 12.1 Å². The van der Waals surface area contributed by atoms with Gasteiger partial charge in [-0.2, -0.15) is 0 Å². The highest BCUT2D eigenvalue weighted by molar-refractivity contribution is 6.09. The Balaban J connectivity index is 1.69. The quantitative estimate of drug-likeness (QED) is 0.836. The number of carboxylic acid groups (broad SMARTS) is 1. The molecule has 134 valence electrons. The highest BCUT2D eigenvalue weighted by Crippen LogP contribution is 2.29. The van der Waals surface area contributed by atoms with Crippen LogP contribution in [0, 0.1) is 11.6 Å². The van der Waals surface area contributed by atoms with E-state index < -0.39 is 23.5 Å². The molecule has 0 saturated heterocycles. The van der Waals surface area contributed by atoms with E-state index in [9.17, 15) is 18.4 Å². The molecule has 2 N–H and O–H groups in total. The van der Waals surface area contributed by atoms with Crippen molar-refractivity contribution in [3.05, 3.63) is 65.2 Å². The fourth-order valence-corrected chi connectivity index (χ4v) is 2.73. The lowest BCUT2D eigenvalue weighted by Crippen LogP contribution is -2.16. The summed E-state index contributed by atoms with van der Waals surface area (Å²) < 4.78 is 31.8. The molecule has 0 saturated carbocycles. The predicted molar refractivity (Wildman–Crippen MR) is 90.0 cm³/mol. The van der Waals surface area contributed by atoms with Crippen LogP contribution >= 0.6 is 0 Å². The van der Waals surface area contributed by atoms with Crippen LogP contribution in [0.25, 0.3) is 0 Å². The molecule has 2 aromatic carbocycles. The van der Waals surface area contributed by atoms with E-state index in [-0.39, 0.29) is 16.9 Å². The van der Waals surface area contributed by atoms with Crippen LogP contribution in [0.4, 0.5) is 14.5 Å². The fraction of sp³-hybridized carbons (Fsp3) is 0.158. The van der Waals surface area contributed by atoms with Crippen LogP contribution in [0.15, 0.2) is 53.6 Å². The number of carboxylic acids is 1. The summed E-state index contributed by atoms with van der Waals surface area (Å²) in [6, 6.07) is 9.11. The van der Waals surface area contributed by atoms with Crippen LogP contribution in [0.5, 0.6) is 11.5 Å². The second-order valence-corrected chi connectivity index (χ2v) is 5.77. The van der Waals surface area contributed by atoms with Crippen LogP contribution in [0.1, 0.15) is 19.3 Å². The second-order valence-electron chi connectivity index (χ2n) is 5.77. The Kier molecular flexibility index (Phi) is 4.97. The number of anilines is 1. The lowest BCUT2D eigenvalue weighted by molar-refractivity contribution is -0.133. The SMILES string of the molecule is O=C(O)C1=C(C(=O)Nc2ccc(Oc3ccc(F)cc3F)cc2)CCC1. The first-order valence-corrected chi connectivity index (χ1v) is 7.93. The molecule has 0 fully saturated rings. The number of rotatable bonds is 5. The van der Waals surface area contributed by atoms with Gasteiger partial charge >= 0.3 is 5.97 Å². The summed E-state index contributed by atoms with van der Waals surface area (Å²) in [5.74, 6) is -2.85. The zero-order chi connectivity index (χ0) is 18.7. The molecule has 7 heteroatoms. The van der Waals surface area contributed by atoms with Gasteiger partial charge in [0.15, 0.2) is 11.6 Å². The van der Waals surface area contributed by atoms with Gasteiger partial charge in [-0.05, 0) is 55.7 Å². The minimum Gasteiger partial charge on any atom is -0.478 e. The maximum absolute atomic E-state index is 13.6. The molecule has 0 spiro atoms. The second kappa shape index (κ2) is 7.35. The van der Waals surface area contributed by atoms with E-state index in [1.807, 2.05) is 0 Å². The molecular weight excluding hydrogens is 344 g/mol. The van der Waals surface area contributed by atoms with Gasteiger partial charge in [-0.15, -0.1) is 0 Å². The van der Waals surface area contributed by atoms with Gasteiger partial charge in [0.2, 0.25) is 0 Å². The van der Waals surface area contributed by atoms with Crippen molar-refractivity contribution in [3.8, 4) is 11.5 Å². The van der Waals surface area contributed by atoms with Crippen LogP contribution in [0.3, 0.4) is 0 Å². The molecule has 0 aliphatic heterocycles. The Morgan fingerprint density at radius 1 is 1.00 bits per heavy atom. The molecule has 1 aliphatic rings. The van der Waals surface area contributed by atoms with Gasteiger partial charge in [0.25, 0.3) is 5.91 Å². The smallest absolute Gasteiger partial charge is 0.332 e. The largest absolute Gasteiger partial charge is 0.478 e. The van der Waals surface area contributed by atoms with E-state index in [0.717, 1.165) is 12.1 Å². The normalized spacial score (nSPS) is 13.6. The maximum atomic E-state index is 13.6. The molecule has 0 aromatic heterocycles. The molecule has 0 unspecified atom stereocenters. The highest BCUT2D eigenvalue weighted by Gasteiger charge is 2.25. The van der Waals surface area contributed by atoms with E-state index in [4.69, 9.17) is 9.84 Å².